The lowest BCUT2D eigenvalue weighted by atomic mass is 10.2. The number of benzene rings is 2. The van der Waals surface area contributed by atoms with Crippen LogP contribution in [0.2, 0.25) is 5.02 Å². The molecule has 88 valence electrons. The molecule has 2 aromatic rings. The summed E-state index contributed by atoms with van der Waals surface area (Å²) in [5.74, 6) is 0.353. The predicted molar refractivity (Wildman–Crippen MR) is 68.6 cm³/mol. The van der Waals surface area contributed by atoms with Gasteiger partial charge in [0.15, 0.2) is 0 Å². The standard InChI is InChI=1S/C13H12ClNO2/c14-10-5-6-13(17)11(7-10)15-8-9-3-1-2-4-12(9)16/h1-7,15-17H,8H2. The zero-order chi connectivity index (χ0) is 12.3. The SMILES string of the molecule is Oc1ccccc1CNc1cc(Cl)ccc1O. The maximum Gasteiger partial charge on any atom is 0.138 e. The summed E-state index contributed by atoms with van der Waals surface area (Å²) in [5.41, 5.74) is 1.30. The summed E-state index contributed by atoms with van der Waals surface area (Å²) in [7, 11) is 0. The largest absolute Gasteiger partial charge is 0.508 e. The van der Waals surface area contributed by atoms with Crippen LogP contribution < -0.4 is 5.32 Å². The second kappa shape index (κ2) is 4.97. The fourth-order valence-electron chi connectivity index (χ4n) is 1.50. The topological polar surface area (TPSA) is 52.5 Å². The van der Waals surface area contributed by atoms with Crippen molar-refractivity contribution in [1.82, 2.24) is 0 Å². The Bertz CT molecular complexity index is 529. The summed E-state index contributed by atoms with van der Waals surface area (Å²) >= 11 is 5.83. The average Bonchev–Trinajstić information content (AvgIpc) is 2.32. The van der Waals surface area contributed by atoms with E-state index in [2.05, 4.69) is 5.32 Å². The van der Waals surface area contributed by atoms with Crippen LogP contribution in [-0.2, 0) is 6.54 Å². The predicted octanol–water partition coefficient (Wildman–Crippen LogP) is 3.36. The summed E-state index contributed by atoms with van der Waals surface area (Å²) in [4.78, 5) is 0. The van der Waals surface area contributed by atoms with Gasteiger partial charge in [-0.3, -0.25) is 0 Å². The molecule has 2 aromatic carbocycles. The second-order valence-electron chi connectivity index (χ2n) is 3.64. The molecule has 0 aliphatic heterocycles. The zero-order valence-corrected chi connectivity index (χ0v) is 9.78. The number of hydrogen-bond donors (Lipinski definition) is 3. The van der Waals surface area contributed by atoms with Gasteiger partial charge >= 0.3 is 0 Å². The van der Waals surface area contributed by atoms with Crippen LogP contribution in [0.25, 0.3) is 0 Å². The molecule has 0 heterocycles. The van der Waals surface area contributed by atoms with E-state index < -0.39 is 0 Å². The van der Waals surface area contributed by atoms with Gasteiger partial charge in [-0.25, -0.2) is 0 Å². The first kappa shape index (κ1) is 11.6. The first-order valence-corrected chi connectivity index (χ1v) is 5.54. The van der Waals surface area contributed by atoms with E-state index in [1.54, 1.807) is 24.3 Å². The number of phenols is 2. The molecule has 4 heteroatoms. The van der Waals surface area contributed by atoms with Crippen LogP contribution in [-0.4, -0.2) is 10.2 Å². The van der Waals surface area contributed by atoms with Gasteiger partial charge in [-0.2, -0.15) is 0 Å². The van der Waals surface area contributed by atoms with Crippen molar-refractivity contribution < 1.29 is 10.2 Å². The zero-order valence-electron chi connectivity index (χ0n) is 9.02. The summed E-state index contributed by atoms with van der Waals surface area (Å²) in [6.45, 7) is 0.417. The molecule has 0 bridgehead atoms. The number of anilines is 1. The monoisotopic (exact) mass is 249 g/mol. The molecule has 2 rings (SSSR count). The van der Waals surface area contributed by atoms with Crippen LogP contribution in [0.4, 0.5) is 5.69 Å². The summed E-state index contributed by atoms with van der Waals surface area (Å²) in [6, 6.07) is 11.8. The van der Waals surface area contributed by atoms with Crippen molar-refractivity contribution in [3.63, 3.8) is 0 Å². The smallest absolute Gasteiger partial charge is 0.138 e. The lowest BCUT2D eigenvalue weighted by Crippen LogP contribution is -1.99. The van der Waals surface area contributed by atoms with E-state index >= 15 is 0 Å². The maximum absolute atomic E-state index is 9.60. The Hall–Kier alpha value is -1.87. The number of phenolic OH excluding ortho intramolecular Hbond substituents is 2. The van der Waals surface area contributed by atoms with E-state index in [4.69, 9.17) is 11.6 Å². The molecule has 0 aliphatic carbocycles. The molecule has 0 saturated carbocycles. The highest BCUT2D eigenvalue weighted by Crippen LogP contribution is 2.27. The number of nitrogens with one attached hydrogen (secondary N) is 1. The quantitative estimate of drug-likeness (QED) is 0.731. The molecular weight excluding hydrogens is 238 g/mol. The third-order valence-corrected chi connectivity index (χ3v) is 2.65. The Balaban J connectivity index is 2.12. The minimum Gasteiger partial charge on any atom is -0.508 e. The Morgan fingerprint density at radius 1 is 1.00 bits per heavy atom. The fraction of sp³-hybridized carbons (Fsp3) is 0.0769. The summed E-state index contributed by atoms with van der Waals surface area (Å²) < 4.78 is 0. The lowest BCUT2D eigenvalue weighted by molar-refractivity contribution is 0.468. The third-order valence-electron chi connectivity index (χ3n) is 2.42. The van der Waals surface area contributed by atoms with Gasteiger partial charge in [0.1, 0.15) is 11.5 Å². The molecule has 3 nitrogen and oxygen atoms in total. The van der Waals surface area contributed by atoms with E-state index in [1.807, 2.05) is 12.1 Å². The van der Waals surface area contributed by atoms with Gasteiger partial charge < -0.3 is 15.5 Å². The van der Waals surface area contributed by atoms with E-state index in [0.29, 0.717) is 17.3 Å². The van der Waals surface area contributed by atoms with Crippen molar-refractivity contribution in [3.8, 4) is 11.5 Å². The van der Waals surface area contributed by atoms with Gasteiger partial charge in [0, 0.05) is 17.1 Å². The Morgan fingerprint density at radius 3 is 2.53 bits per heavy atom. The first-order chi connectivity index (χ1) is 8.16. The Labute approximate surface area is 104 Å². The van der Waals surface area contributed by atoms with Crippen LogP contribution >= 0.6 is 11.6 Å². The molecule has 0 amide bonds. The molecule has 0 unspecified atom stereocenters. The van der Waals surface area contributed by atoms with Crippen LogP contribution in [0.15, 0.2) is 42.5 Å². The fourth-order valence-corrected chi connectivity index (χ4v) is 1.67. The van der Waals surface area contributed by atoms with Gasteiger partial charge in [0.25, 0.3) is 0 Å². The number of aromatic hydroxyl groups is 2. The normalized spacial score (nSPS) is 10.2. The van der Waals surface area contributed by atoms with Gasteiger partial charge in [0.05, 0.1) is 5.69 Å². The van der Waals surface area contributed by atoms with Gasteiger partial charge in [-0.1, -0.05) is 29.8 Å². The van der Waals surface area contributed by atoms with Crippen LogP contribution in [0.1, 0.15) is 5.56 Å². The van der Waals surface area contributed by atoms with Crippen LogP contribution in [0.5, 0.6) is 11.5 Å². The number of para-hydroxylation sites is 1. The van der Waals surface area contributed by atoms with Crippen molar-refractivity contribution in [2.24, 2.45) is 0 Å². The van der Waals surface area contributed by atoms with E-state index in [1.165, 1.54) is 6.07 Å². The lowest BCUT2D eigenvalue weighted by Gasteiger charge is -2.09. The minimum atomic E-state index is 0.129. The third kappa shape index (κ3) is 2.82. The molecule has 17 heavy (non-hydrogen) atoms. The van der Waals surface area contributed by atoms with Gasteiger partial charge in [-0.05, 0) is 24.3 Å². The minimum absolute atomic E-state index is 0.129. The Morgan fingerprint density at radius 2 is 1.76 bits per heavy atom. The second-order valence-corrected chi connectivity index (χ2v) is 4.08. The van der Waals surface area contributed by atoms with E-state index in [9.17, 15) is 10.2 Å². The highest BCUT2D eigenvalue weighted by molar-refractivity contribution is 6.30. The van der Waals surface area contributed by atoms with E-state index in [-0.39, 0.29) is 11.5 Å². The number of rotatable bonds is 3. The summed E-state index contributed by atoms with van der Waals surface area (Å²) in [6.07, 6.45) is 0. The highest BCUT2D eigenvalue weighted by atomic mass is 35.5. The van der Waals surface area contributed by atoms with Crippen LogP contribution in [0.3, 0.4) is 0 Å². The van der Waals surface area contributed by atoms with Crippen molar-refractivity contribution >= 4 is 17.3 Å². The van der Waals surface area contributed by atoms with Crippen molar-refractivity contribution in [2.75, 3.05) is 5.32 Å². The van der Waals surface area contributed by atoms with E-state index in [0.717, 1.165) is 5.56 Å². The molecule has 0 fully saturated rings. The average molecular weight is 250 g/mol. The van der Waals surface area contributed by atoms with Crippen LogP contribution in [0, 0.1) is 0 Å². The molecule has 0 aliphatic rings. The molecule has 0 saturated heterocycles. The molecular formula is C13H12ClNO2. The number of halogens is 1. The highest BCUT2D eigenvalue weighted by Gasteiger charge is 2.03. The molecule has 3 N–H and O–H groups in total. The van der Waals surface area contributed by atoms with Gasteiger partial charge in [0.2, 0.25) is 0 Å². The molecule has 0 atom stereocenters. The maximum atomic E-state index is 9.60. The summed E-state index contributed by atoms with van der Waals surface area (Å²) in [5, 5.41) is 22.7. The van der Waals surface area contributed by atoms with Crippen molar-refractivity contribution in [2.45, 2.75) is 6.54 Å². The van der Waals surface area contributed by atoms with Crippen molar-refractivity contribution in [3.05, 3.63) is 53.1 Å². The molecule has 0 aromatic heterocycles. The molecule has 0 radical (unpaired) electrons. The Kier molecular flexibility index (Phi) is 3.40. The first-order valence-electron chi connectivity index (χ1n) is 5.16. The van der Waals surface area contributed by atoms with Gasteiger partial charge in [-0.15, -0.1) is 0 Å². The van der Waals surface area contributed by atoms with Crippen molar-refractivity contribution in [1.29, 1.82) is 0 Å². The number of hydrogen-bond acceptors (Lipinski definition) is 3. The molecule has 0 spiro atoms.